The maximum Gasteiger partial charge on any atom is 0.262 e. The van der Waals surface area contributed by atoms with Crippen LogP contribution in [0.25, 0.3) is 0 Å². The summed E-state index contributed by atoms with van der Waals surface area (Å²) in [5.74, 6) is 0.119. The van der Waals surface area contributed by atoms with E-state index >= 15 is 0 Å². The highest BCUT2D eigenvalue weighted by molar-refractivity contribution is 9.10. The van der Waals surface area contributed by atoms with E-state index in [2.05, 4.69) is 31.8 Å². The molecule has 0 radical (unpaired) electrons. The van der Waals surface area contributed by atoms with Crippen LogP contribution in [0.5, 0.6) is 17.2 Å². The largest absolute Gasteiger partial charge is 0.493 e. The summed E-state index contributed by atoms with van der Waals surface area (Å²) < 4.78 is 17.8. The number of methoxy groups -OCH3 is 1. The molecule has 2 atom stereocenters. The average Bonchev–Trinajstić information content (AvgIpc) is 3.02. The fourth-order valence-electron chi connectivity index (χ4n) is 4.15. The molecule has 0 spiro atoms. The minimum absolute atomic E-state index is 0.180. The van der Waals surface area contributed by atoms with Gasteiger partial charge in [0.1, 0.15) is 18.4 Å². The summed E-state index contributed by atoms with van der Waals surface area (Å²) in [6, 6.07) is 21.6. The van der Waals surface area contributed by atoms with Gasteiger partial charge in [-0.15, -0.1) is 0 Å². The summed E-state index contributed by atoms with van der Waals surface area (Å²) in [6.45, 7) is 1.73. The van der Waals surface area contributed by atoms with E-state index in [-0.39, 0.29) is 23.8 Å². The van der Waals surface area contributed by atoms with E-state index in [0.717, 1.165) is 11.1 Å². The molecule has 0 saturated carbocycles. The Balaban J connectivity index is 1.44. The molecule has 0 bridgehead atoms. The summed E-state index contributed by atoms with van der Waals surface area (Å²) in [6.07, 6.45) is 0.695. The van der Waals surface area contributed by atoms with Crippen LogP contribution in [0.1, 0.15) is 23.6 Å². The summed E-state index contributed by atoms with van der Waals surface area (Å²) in [4.78, 5) is 26.3. The second kappa shape index (κ2) is 16.9. The van der Waals surface area contributed by atoms with Crippen molar-refractivity contribution < 1.29 is 23.8 Å². The van der Waals surface area contributed by atoms with Crippen LogP contribution in [-0.2, 0) is 22.6 Å². The van der Waals surface area contributed by atoms with Crippen LogP contribution in [0.2, 0.25) is 20.1 Å². The van der Waals surface area contributed by atoms with Crippen LogP contribution in [-0.4, -0.2) is 37.3 Å². The van der Waals surface area contributed by atoms with Crippen molar-refractivity contribution in [1.82, 2.24) is 10.7 Å². The highest BCUT2D eigenvalue weighted by Crippen LogP contribution is 2.37. The first-order chi connectivity index (χ1) is 22.0. The van der Waals surface area contributed by atoms with Gasteiger partial charge in [0.2, 0.25) is 0 Å². The van der Waals surface area contributed by atoms with Crippen molar-refractivity contribution in [3.05, 3.63) is 120 Å². The quantitative estimate of drug-likeness (QED) is 0.105. The molecule has 0 aliphatic rings. The van der Waals surface area contributed by atoms with Crippen molar-refractivity contribution in [3.8, 4) is 17.2 Å². The second-order valence-corrected chi connectivity index (χ2v) is 12.4. The van der Waals surface area contributed by atoms with Gasteiger partial charge in [0, 0.05) is 27.1 Å². The number of nitrogens with one attached hydrogen (secondary N) is 2. The molecule has 0 aromatic heterocycles. The topological polar surface area (TPSA) is 98.2 Å². The number of rotatable bonds is 13. The molecule has 8 nitrogen and oxygen atoms in total. The van der Waals surface area contributed by atoms with Crippen molar-refractivity contribution in [3.63, 3.8) is 0 Å². The lowest BCUT2D eigenvalue weighted by Crippen LogP contribution is -2.50. The Morgan fingerprint density at radius 1 is 0.891 bits per heavy atom. The van der Waals surface area contributed by atoms with Crippen LogP contribution in [0.4, 0.5) is 0 Å². The molecule has 0 heterocycles. The molecule has 0 aliphatic carbocycles. The maximum atomic E-state index is 13.3. The number of nitrogens with zero attached hydrogens (tertiary/aromatic N) is 1. The summed E-state index contributed by atoms with van der Waals surface area (Å²) >= 11 is 27.9. The number of hydrazone groups is 1. The second-order valence-electron chi connectivity index (χ2n) is 9.88. The van der Waals surface area contributed by atoms with Gasteiger partial charge >= 0.3 is 0 Å². The highest BCUT2D eigenvalue weighted by atomic mass is 79.9. The van der Waals surface area contributed by atoms with Crippen LogP contribution >= 0.6 is 62.3 Å². The van der Waals surface area contributed by atoms with Crippen molar-refractivity contribution in [2.45, 2.75) is 32.1 Å². The number of hydrogen-bond donors (Lipinski definition) is 2. The normalized spacial score (nSPS) is 12.3. The van der Waals surface area contributed by atoms with Gasteiger partial charge in [-0.05, 0) is 76.4 Å². The fraction of sp³-hybridized carbons (Fsp3) is 0.182. The molecule has 4 aromatic carbocycles. The molecule has 2 N–H and O–H groups in total. The molecule has 4 aromatic rings. The van der Waals surface area contributed by atoms with Crippen LogP contribution < -0.4 is 25.0 Å². The Morgan fingerprint density at radius 3 is 2.26 bits per heavy atom. The summed E-state index contributed by atoms with van der Waals surface area (Å²) in [7, 11) is 1.51. The van der Waals surface area contributed by atoms with E-state index in [1.165, 1.54) is 19.4 Å². The average molecular weight is 768 g/mol. The molecular weight excluding hydrogens is 740 g/mol. The van der Waals surface area contributed by atoms with Crippen LogP contribution in [0, 0.1) is 0 Å². The Hall–Kier alpha value is -3.47. The smallest absolute Gasteiger partial charge is 0.262 e. The molecular formula is C33H28BrCl4N3O5. The number of ether oxygens (including phenoxy) is 3. The molecule has 46 heavy (non-hydrogen) atoms. The van der Waals surface area contributed by atoms with E-state index in [4.69, 9.17) is 60.6 Å². The predicted octanol–water partition coefficient (Wildman–Crippen LogP) is 8.30. The Bertz CT molecular complexity index is 1730. The number of halogens is 5. The Labute approximate surface area is 295 Å². The van der Waals surface area contributed by atoms with E-state index in [1.54, 1.807) is 49.4 Å². The molecule has 0 aliphatic heterocycles. The van der Waals surface area contributed by atoms with Crippen molar-refractivity contribution in [2.24, 2.45) is 5.10 Å². The van der Waals surface area contributed by atoms with E-state index in [0.29, 0.717) is 36.6 Å². The first-order valence-electron chi connectivity index (χ1n) is 13.8. The zero-order chi connectivity index (χ0) is 33.2. The van der Waals surface area contributed by atoms with Gasteiger partial charge in [0.05, 0.1) is 22.8 Å². The van der Waals surface area contributed by atoms with Gasteiger partial charge < -0.3 is 19.5 Å². The van der Waals surface area contributed by atoms with E-state index in [1.807, 2.05) is 30.3 Å². The zero-order valence-corrected chi connectivity index (χ0v) is 29.1. The molecule has 240 valence electrons. The van der Waals surface area contributed by atoms with Crippen LogP contribution in [0.15, 0.2) is 88.4 Å². The monoisotopic (exact) mass is 765 g/mol. The van der Waals surface area contributed by atoms with Crippen molar-refractivity contribution >= 4 is 80.4 Å². The van der Waals surface area contributed by atoms with E-state index < -0.39 is 24.0 Å². The minimum atomic E-state index is -0.963. The first-order valence-corrected chi connectivity index (χ1v) is 16.1. The van der Waals surface area contributed by atoms with E-state index in [9.17, 15) is 9.59 Å². The summed E-state index contributed by atoms with van der Waals surface area (Å²) in [5, 5.41) is 8.58. The number of amides is 2. The molecule has 2 amide bonds. The lowest BCUT2D eigenvalue weighted by atomic mass is 10.1. The highest BCUT2D eigenvalue weighted by Gasteiger charge is 2.25. The SMILES string of the molecule is COc1cc(/C=N\NC(=O)[C@H](Cc2ccccc2)NC(=O)[C@H](C)Oc2ccc(Cl)cc2Cl)cc(Br)c1OCc1ccc(Cl)cc1Cl. The summed E-state index contributed by atoms with van der Waals surface area (Å²) in [5.41, 5.74) is 4.71. The van der Waals surface area contributed by atoms with Gasteiger partial charge in [-0.3, -0.25) is 9.59 Å². The standard InChI is InChI=1S/C33H28BrCl4N3O5/c1-19(46-29-11-10-24(36)16-27(29)38)32(42)40-28(13-20-6-4-3-5-7-20)33(43)41-39-17-21-12-25(34)31(30(14-21)44-2)45-18-22-8-9-23(35)15-26(22)37/h3-12,14-17,19,28H,13,18H2,1-2H3,(H,40,42)(H,41,43)/b39-17-/t19-,28-/m0/s1. The third-order valence-corrected chi connectivity index (χ3v) is 8.22. The van der Waals surface area contributed by atoms with Crippen molar-refractivity contribution in [1.29, 1.82) is 0 Å². The van der Waals surface area contributed by atoms with Gasteiger partial charge in [-0.1, -0.05) is 82.8 Å². The Kier molecular flexibility index (Phi) is 13.0. The molecule has 0 saturated heterocycles. The fourth-order valence-corrected chi connectivity index (χ4v) is 5.64. The molecule has 13 heteroatoms. The van der Waals surface area contributed by atoms with Crippen LogP contribution in [0.3, 0.4) is 0 Å². The third-order valence-electron chi connectivity index (χ3n) is 6.51. The number of carbonyl (C=O) groups excluding carboxylic acids is 2. The molecule has 4 rings (SSSR count). The predicted molar refractivity (Wildman–Crippen MR) is 186 cm³/mol. The van der Waals surface area contributed by atoms with Gasteiger partial charge in [-0.25, -0.2) is 5.43 Å². The lowest BCUT2D eigenvalue weighted by Gasteiger charge is -2.21. The van der Waals surface area contributed by atoms with Gasteiger partial charge in [0.15, 0.2) is 17.6 Å². The number of benzene rings is 4. The third kappa shape index (κ3) is 10.0. The Morgan fingerprint density at radius 2 is 1.59 bits per heavy atom. The van der Waals surface area contributed by atoms with Crippen molar-refractivity contribution in [2.75, 3.05) is 7.11 Å². The zero-order valence-electron chi connectivity index (χ0n) is 24.5. The molecule has 0 unspecified atom stereocenters. The number of hydrogen-bond acceptors (Lipinski definition) is 6. The maximum absolute atomic E-state index is 13.3. The lowest BCUT2D eigenvalue weighted by molar-refractivity contribution is -0.132. The minimum Gasteiger partial charge on any atom is -0.493 e. The molecule has 0 fully saturated rings. The first kappa shape index (κ1) is 35.4. The van der Waals surface area contributed by atoms with Gasteiger partial charge in [-0.2, -0.15) is 5.10 Å². The number of carbonyl (C=O) groups is 2. The van der Waals surface area contributed by atoms with Gasteiger partial charge in [0.25, 0.3) is 11.8 Å².